The van der Waals surface area contributed by atoms with E-state index in [1.165, 1.54) is 16.8 Å². The fraction of sp³-hybridized carbons (Fsp3) is 0.227. The number of hydrogen-bond donors (Lipinski definition) is 2. The van der Waals surface area contributed by atoms with Crippen LogP contribution < -0.4 is 21.5 Å². The first-order chi connectivity index (χ1) is 15.4. The molecular weight excluding hydrogens is 430 g/mol. The van der Waals surface area contributed by atoms with Crippen molar-refractivity contribution in [2.45, 2.75) is 26.8 Å². The second-order valence-electron chi connectivity index (χ2n) is 7.18. The van der Waals surface area contributed by atoms with Crippen molar-refractivity contribution in [3.63, 3.8) is 0 Å². The number of rotatable bonds is 7. The molecule has 32 heavy (non-hydrogen) atoms. The Morgan fingerprint density at radius 1 is 1.31 bits per heavy atom. The van der Waals surface area contributed by atoms with Gasteiger partial charge in [0, 0.05) is 24.2 Å². The number of aromatic nitrogens is 4. The number of thiophene rings is 1. The largest absolute Gasteiger partial charge is 0.488 e. The molecule has 3 N–H and O–H groups in total. The minimum atomic E-state index is -0.608. The van der Waals surface area contributed by atoms with E-state index in [-0.39, 0.29) is 23.3 Å². The van der Waals surface area contributed by atoms with Crippen molar-refractivity contribution >= 4 is 27.5 Å². The van der Waals surface area contributed by atoms with Crippen LogP contribution in [0.1, 0.15) is 34.3 Å². The summed E-state index contributed by atoms with van der Waals surface area (Å²) in [5.74, 6) is -0.0587. The second-order valence-corrected chi connectivity index (χ2v) is 8.18. The Morgan fingerprint density at radius 3 is 2.78 bits per heavy atom. The molecule has 9 nitrogen and oxygen atoms in total. The zero-order valence-corrected chi connectivity index (χ0v) is 18.4. The molecule has 0 saturated heterocycles. The van der Waals surface area contributed by atoms with E-state index in [0.29, 0.717) is 44.5 Å². The van der Waals surface area contributed by atoms with Gasteiger partial charge in [0.25, 0.3) is 11.5 Å². The number of nitrogens with zero attached hydrogens (tertiary/aromatic N) is 3. The van der Waals surface area contributed by atoms with Crippen LogP contribution in [0.3, 0.4) is 0 Å². The van der Waals surface area contributed by atoms with Crippen molar-refractivity contribution < 1.29 is 9.53 Å². The maximum Gasteiger partial charge on any atom is 0.263 e. The smallest absolute Gasteiger partial charge is 0.263 e. The first-order valence-electron chi connectivity index (χ1n) is 10.00. The number of pyridine rings is 2. The number of primary amides is 1. The van der Waals surface area contributed by atoms with Crippen LogP contribution in [0.5, 0.6) is 5.75 Å². The Kier molecular flexibility index (Phi) is 5.87. The normalized spacial score (nSPS) is 11.1. The molecule has 4 aromatic heterocycles. The van der Waals surface area contributed by atoms with E-state index >= 15 is 0 Å². The van der Waals surface area contributed by atoms with E-state index in [1.807, 2.05) is 6.92 Å². The first-order valence-corrected chi connectivity index (χ1v) is 10.8. The number of hydrogen-bond acceptors (Lipinski definition) is 7. The number of fused-ring (bicyclic) bond motifs is 1. The molecule has 0 fully saturated rings. The van der Waals surface area contributed by atoms with E-state index in [1.54, 1.807) is 31.3 Å². The standard InChI is InChI=1S/C22H21N5O4S/c1-3-8-31-16-10-25-13(9-15(16)28)11-27-20(14-6-4-5-7-24-14)26-21-17(22(27)30)12(2)18(32-21)19(23)29/h4-7,9-10H,3,8,11H2,1-2H3,(H2,23,29)(H,25,28). The highest BCUT2D eigenvalue weighted by Gasteiger charge is 2.21. The minimum Gasteiger partial charge on any atom is -0.488 e. The SMILES string of the molecule is CCCOc1c[nH]c(Cn2c(-c3ccccn3)nc3sc(C(N)=O)c(C)c3c2=O)cc1=O. The van der Waals surface area contributed by atoms with Crippen LogP contribution in [-0.4, -0.2) is 32.0 Å². The van der Waals surface area contributed by atoms with Gasteiger partial charge in [0.05, 0.1) is 23.4 Å². The summed E-state index contributed by atoms with van der Waals surface area (Å²) in [4.78, 5) is 50.4. The van der Waals surface area contributed by atoms with Gasteiger partial charge in [-0.2, -0.15) is 0 Å². The van der Waals surface area contributed by atoms with E-state index in [2.05, 4.69) is 15.0 Å². The van der Waals surface area contributed by atoms with E-state index < -0.39 is 5.91 Å². The van der Waals surface area contributed by atoms with Crippen LogP contribution in [0, 0.1) is 6.92 Å². The van der Waals surface area contributed by atoms with Gasteiger partial charge in [-0.3, -0.25) is 23.9 Å². The third-order valence-corrected chi connectivity index (χ3v) is 6.10. The Hall–Kier alpha value is -3.79. The molecule has 0 aromatic carbocycles. The quantitative estimate of drug-likeness (QED) is 0.443. The van der Waals surface area contributed by atoms with Crippen molar-refractivity contribution in [3.8, 4) is 17.3 Å². The molecule has 0 spiro atoms. The van der Waals surface area contributed by atoms with Gasteiger partial charge in [-0.25, -0.2) is 4.98 Å². The molecule has 0 bridgehead atoms. The monoisotopic (exact) mass is 451 g/mol. The van der Waals surface area contributed by atoms with Crippen LogP contribution in [0.15, 0.2) is 46.2 Å². The number of nitrogens with one attached hydrogen (secondary N) is 1. The summed E-state index contributed by atoms with van der Waals surface area (Å²) in [7, 11) is 0. The number of aryl methyl sites for hydroxylation is 1. The van der Waals surface area contributed by atoms with Gasteiger partial charge in [-0.1, -0.05) is 13.0 Å². The summed E-state index contributed by atoms with van der Waals surface area (Å²) in [5.41, 5.74) is 6.34. The number of amides is 1. The summed E-state index contributed by atoms with van der Waals surface area (Å²) in [6, 6.07) is 6.69. The van der Waals surface area contributed by atoms with Crippen molar-refractivity contribution in [2.75, 3.05) is 6.61 Å². The molecule has 1 amide bonds. The highest BCUT2D eigenvalue weighted by atomic mass is 32.1. The van der Waals surface area contributed by atoms with Gasteiger partial charge in [-0.05, 0) is 31.0 Å². The van der Waals surface area contributed by atoms with Crippen molar-refractivity contribution in [3.05, 3.63) is 73.4 Å². The molecule has 0 atom stereocenters. The number of ether oxygens (including phenoxy) is 1. The average Bonchev–Trinajstić information content (AvgIpc) is 3.12. The lowest BCUT2D eigenvalue weighted by Crippen LogP contribution is -2.25. The van der Waals surface area contributed by atoms with Gasteiger partial charge in [0.2, 0.25) is 5.43 Å². The number of H-pyrrole nitrogens is 1. The van der Waals surface area contributed by atoms with Gasteiger partial charge in [0.1, 0.15) is 10.5 Å². The highest BCUT2D eigenvalue weighted by molar-refractivity contribution is 7.20. The molecule has 164 valence electrons. The van der Waals surface area contributed by atoms with Crippen LogP contribution >= 0.6 is 11.3 Å². The highest BCUT2D eigenvalue weighted by Crippen LogP contribution is 2.29. The lowest BCUT2D eigenvalue weighted by Gasteiger charge is -2.13. The van der Waals surface area contributed by atoms with Crippen LogP contribution in [0.4, 0.5) is 0 Å². The number of aromatic amines is 1. The van der Waals surface area contributed by atoms with E-state index in [0.717, 1.165) is 17.8 Å². The van der Waals surface area contributed by atoms with Gasteiger partial charge in [0.15, 0.2) is 11.6 Å². The summed E-state index contributed by atoms with van der Waals surface area (Å²) >= 11 is 1.08. The molecule has 0 aliphatic rings. The number of carbonyl (C=O) groups excluding carboxylic acids is 1. The molecule has 0 saturated carbocycles. The summed E-state index contributed by atoms with van der Waals surface area (Å²) in [5, 5.41) is 0.328. The van der Waals surface area contributed by atoms with Crippen LogP contribution in [0.2, 0.25) is 0 Å². The van der Waals surface area contributed by atoms with E-state index in [9.17, 15) is 14.4 Å². The average molecular weight is 452 g/mol. The van der Waals surface area contributed by atoms with Crippen LogP contribution in [0.25, 0.3) is 21.7 Å². The summed E-state index contributed by atoms with van der Waals surface area (Å²) < 4.78 is 6.87. The zero-order chi connectivity index (χ0) is 22.8. The lowest BCUT2D eigenvalue weighted by atomic mass is 10.2. The van der Waals surface area contributed by atoms with E-state index in [4.69, 9.17) is 10.5 Å². The molecule has 0 radical (unpaired) electrons. The Labute approximate surface area is 186 Å². The topological polar surface area (TPSA) is 133 Å². The zero-order valence-electron chi connectivity index (χ0n) is 17.5. The molecule has 4 heterocycles. The van der Waals surface area contributed by atoms with Crippen molar-refractivity contribution in [1.82, 2.24) is 19.5 Å². The first kappa shape index (κ1) is 21.4. The molecular formula is C22H21N5O4S. The second kappa shape index (κ2) is 8.75. The van der Waals surface area contributed by atoms with Crippen molar-refractivity contribution in [1.29, 1.82) is 0 Å². The third-order valence-electron chi connectivity index (χ3n) is 4.90. The Bertz CT molecular complexity index is 1420. The van der Waals surface area contributed by atoms with Gasteiger partial charge >= 0.3 is 0 Å². The lowest BCUT2D eigenvalue weighted by molar-refractivity contribution is 0.100. The summed E-state index contributed by atoms with van der Waals surface area (Å²) in [6.07, 6.45) is 3.88. The molecule has 4 rings (SSSR count). The molecule has 4 aromatic rings. The summed E-state index contributed by atoms with van der Waals surface area (Å²) in [6.45, 7) is 4.12. The molecule has 0 aliphatic heterocycles. The number of carbonyl (C=O) groups is 1. The maximum atomic E-state index is 13.5. The van der Waals surface area contributed by atoms with Crippen LogP contribution in [-0.2, 0) is 6.54 Å². The Balaban J connectivity index is 1.89. The maximum absolute atomic E-state index is 13.5. The predicted octanol–water partition coefficient (Wildman–Crippen LogP) is 2.45. The fourth-order valence-electron chi connectivity index (χ4n) is 3.38. The van der Waals surface area contributed by atoms with Gasteiger partial charge in [-0.15, -0.1) is 11.3 Å². The van der Waals surface area contributed by atoms with Gasteiger partial charge < -0.3 is 15.5 Å². The predicted molar refractivity (Wildman–Crippen MR) is 122 cm³/mol. The molecule has 0 unspecified atom stereocenters. The Morgan fingerprint density at radius 2 is 2.12 bits per heavy atom. The third kappa shape index (κ3) is 3.92. The fourth-order valence-corrected chi connectivity index (χ4v) is 4.40. The van der Waals surface area contributed by atoms with Crippen molar-refractivity contribution in [2.24, 2.45) is 5.73 Å². The number of nitrogens with two attached hydrogens (primary N) is 1. The molecule has 0 aliphatic carbocycles. The minimum absolute atomic E-state index is 0.0537. The molecule has 10 heteroatoms.